The maximum absolute atomic E-state index is 11.9. The molecule has 0 bridgehead atoms. The Kier molecular flexibility index (Phi) is 4.51. The molecule has 0 unspecified atom stereocenters. The quantitative estimate of drug-likeness (QED) is 0.632. The van der Waals surface area contributed by atoms with E-state index in [1.54, 1.807) is 11.8 Å². The Hall–Kier alpha value is -1.46. The number of nitrogens with one attached hydrogen (secondary N) is 2. The molecule has 6 heteroatoms. The van der Waals surface area contributed by atoms with E-state index in [4.69, 9.17) is 11.6 Å². The molecule has 0 spiro atoms. The van der Waals surface area contributed by atoms with Crippen LogP contribution < -0.4 is 5.32 Å². The lowest BCUT2D eigenvalue weighted by Gasteiger charge is -2.03. The number of aromatic amines is 1. The molecule has 2 N–H and O–H groups in total. The summed E-state index contributed by atoms with van der Waals surface area (Å²) in [6.45, 7) is 0.609. The molecule has 1 aliphatic rings. The summed E-state index contributed by atoms with van der Waals surface area (Å²) in [6, 6.07) is 9.55. The first-order valence-corrected chi connectivity index (χ1v) is 8.30. The van der Waals surface area contributed by atoms with E-state index in [2.05, 4.69) is 15.5 Å². The highest BCUT2D eigenvalue weighted by molar-refractivity contribution is 7.99. The predicted octanol–water partition coefficient (Wildman–Crippen LogP) is 3.46. The van der Waals surface area contributed by atoms with Gasteiger partial charge >= 0.3 is 0 Å². The first-order chi connectivity index (χ1) is 10.2. The van der Waals surface area contributed by atoms with Gasteiger partial charge in [0.1, 0.15) is 5.69 Å². The number of thioether (sulfide) groups is 1. The Morgan fingerprint density at radius 2 is 2.14 bits per heavy atom. The lowest BCUT2D eigenvalue weighted by molar-refractivity contribution is 0.0951. The third kappa shape index (κ3) is 4.02. The van der Waals surface area contributed by atoms with E-state index in [0.29, 0.717) is 18.2 Å². The molecule has 1 saturated carbocycles. The number of halogens is 1. The molecule has 0 aliphatic heterocycles. The van der Waals surface area contributed by atoms with Gasteiger partial charge in [0.2, 0.25) is 0 Å². The normalized spacial score (nSPS) is 14.1. The summed E-state index contributed by atoms with van der Waals surface area (Å²) in [6.07, 6.45) is 2.39. The summed E-state index contributed by atoms with van der Waals surface area (Å²) >= 11 is 7.52. The van der Waals surface area contributed by atoms with Gasteiger partial charge in [-0.25, -0.2) is 0 Å². The van der Waals surface area contributed by atoms with Crippen molar-refractivity contribution < 1.29 is 4.79 Å². The maximum Gasteiger partial charge on any atom is 0.271 e. The number of aromatic nitrogens is 2. The molecule has 21 heavy (non-hydrogen) atoms. The topological polar surface area (TPSA) is 57.8 Å². The number of rotatable bonds is 6. The zero-order chi connectivity index (χ0) is 14.7. The largest absolute Gasteiger partial charge is 0.350 e. The highest BCUT2D eigenvalue weighted by atomic mass is 35.5. The van der Waals surface area contributed by atoms with E-state index < -0.39 is 0 Å². The van der Waals surface area contributed by atoms with Crippen molar-refractivity contribution in [1.29, 1.82) is 0 Å². The van der Waals surface area contributed by atoms with Crippen LogP contribution in [0.2, 0.25) is 5.02 Å². The van der Waals surface area contributed by atoms with E-state index in [1.165, 1.54) is 12.8 Å². The third-order valence-corrected chi connectivity index (χ3v) is 4.58. The molecular weight excluding hydrogens is 306 g/mol. The van der Waals surface area contributed by atoms with Crippen molar-refractivity contribution in [3.63, 3.8) is 0 Å². The minimum absolute atomic E-state index is 0.116. The zero-order valence-corrected chi connectivity index (χ0v) is 13.0. The molecule has 0 radical (unpaired) electrons. The van der Waals surface area contributed by atoms with Gasteiger partial charge in [-0.05, 0) is 43.2 Å². The van der Waals surface area contributed by atoms with Gasteiger partial charge < -0.3 is 5.32 Å². The minimum atomic E-state index is -0.116. The number of amides is 1. The first-order valence-electron chi connectivity index (χ1n) is 6.94. The van der Waals surface area contributed by atoms with E-state index in [-0.39, 0.29) is 5.91 Å². The lowest BCUT2D eigenvalue weighted by atomic mass is 10.2. The Morgan fingerprint density at radius 3 is 2.86 bits per heavy atom. The van der Waals surface area contributed by atoms with Gasteiger partial charge in [-0.1, -0.05) is 11.6 Å². The number of carbonyl (C=O) groups excluding carboxylic acids is 1. The molecular formula is C15H16ClN3OS. The summed E-state index contributed by atoms with van der Waals surface area (Å²) in [5.41, 5.74) is 1.56. The molecule has 0 atom stereocenters. The van der Waals surface area contributed by atoms with Crippen molar-refractivity contribution in [3.05, 3.63) is 46.7 Å². The second-order valence-electron chi connectivity index (χ2n) is 5.04. The van der Waals surface area contributed by atoms with Gasteiger partial charge in [-0.15, -0.1) is 11.8 Å². The average Bonchev–Trinajstić information content (AvgIpc) is 3.22. The van der Waals surface area contributed by atoms with Crippen LogP contribution in [-0.2, 0) is 0 Å². The van der Waals surface area contributed by atoms with Crippen molar-refractivity contribution in [2.75, 3.05) is 12.3 Å². The molecule has 0 saturated heterocycles. The Labute approximate surface area is 132 Å². The Bertz CT molecular complexity index is 622. The van der Waals surface area contributed by atoms with E-state index in [1.807, 2.05) is 30.3 Å². The molecule has 2 aromatic rings. The number of hydrogen-bond donors (Lipinski definition) is 2. The monoisotopic (exact) mass is 321 g/mol. The van der Waals surface area contributed by atoms with Gasteiger partial charge in [0.25, 0.3) is 5.91 Å². The third-order valence-electron chi connectivity index (χ3n) is 3.32. The van der Waals surface area contributed by atoms with Gasteiger partial charge in [0, 0.05) is 33.8 Å². The van der Waals surface area contributed by atoms with Gasteiger partial charge in [-0.2, -0.15) is 5.10 Å². The summed E-state index contributed by atoms with van der Waals surface area (Å²) < 4.78 is 0. The summed E-state index contributed by atoms with van der Waals surface area (Å²) in [7, 11) is 0. The van der Waals surface area contributed by atoms with Crippen LogP contribution in [0.1, 0.15) is 34.9 Å². The van der Waals surface area contributed by atoms with Crippen LogP contribution in [0.15, 0.2) is 35.2 Å². The van der Waals surface area contributed by atoms with Crippen molar-refractivity contribution >= 4 is 29.3 Å². The Morgan fingerprint density at radius 1 is 1.38 bits per heavy atom. The fraction of sp³-hybridized carbons (Fsp3) is 0.333. The fourth-order valence-corrected chi connectivity index (χ4v) is 2.91. The first kappa shape index (κ1) is 14.5. The van der Waals surface area contributed by atoms with Gasteiger partial charge in [-0.3, -0.25) is 9.89 Å². The SMILES string of the molecule is O=C(NCCSc1ccc(Cl)cc1)c1cc(C2CC2)[nH]n1. The number of benzene rings is 1. The molecule has 1 amide bonds. The van der Waals surface area contributed by atoms with Crippen LogP contribution >= 0.6 is 23.4 Å². The zero-order valence-electron chi connectivity index (χ0n) is 11.4. The molecule has 1 aliphatic carbocycles. The smallest absolute Gasteiger partial charge is 0.271 e. The number of carbonyl (C=O) groups is 1. The molecule has 3 rings (SSSR count). The molecule has 1 fully saturated rings. The second-order valence-corrected chi connectivity index (χ2v) is 6.65. The van der Waals surface area contributed by atoms with Crippen LogP contribution in [0, 0.1) is 0 Å². The molecule has 1 aromatic heterocycles. The lowest BCUT2D eigenvalue weighted by Crippen LogP contribution is -2.26. The summed E-state index contributed by atoms with van der Waals surface area (Å²) in [5.74, 6) is 1.28. The molecule has 1 aromatic carbocycles. The predicted molar refractivity (Wildman–Crippen MR) is 85.1 cm³/mol. The van der Waals surface area contributed by atoms with Crippen molar-refractivity contribution in [3.8, 4) is 0 Å². The van der Waals surface area contributed by atoms with Crippen LogP contribution in [0.25, 0.3) is 0 Å². The van der Waals surface area contributed by atoms with E-state index in [9.17, 15) is 4.79 Å². The van der Waals surface area contributed by atoms with Gasteiger partial charge in [0.05, 0.1) is 0 Å². The fourth-order valence-electron chi connectivity index (χ4n) is 2.01. The highest BCUT2D eigenvalue weighted by Crippen LogP contribution is 2.38. The average molecular weight is 322 g/mol. The maximum atomic E-state index is 11.9. The Balaban J connectivity index is 1.41. The van der Waals surface area contributed by atoms with Crippen LogP contribution in [0.3, 0.4) is 0 Å². The molecule has 110 valence electrons. The van der Waals surface area contributed by atoms with Crippen molar-refractivity contribution in [1.82, 2.24) is 15.5 Å². The highest BCUT2D eigenvalue weighted by Gasteiger charge is 2.26. The van der Waals surface area contributed by atoms with Crippen LogP contribution in [0.4, 0.5) is 0 Å². The standard InChI is InChI=1S/C15H16ClN3OS/c16-11-3-5-12(6-4-11)21-8-7-17-15(20)14-9-13(18-19-14)10-1-2-10/h3-6,9-10H,1-2,7-8H2,(H,17,20)(H,18,19). The van der Waals surface area contributed by atoms with Crippen LogP contribution in [-0.4, -0.2) is 28.4 Å². The van der Waals surface area contributed by atoms with Crippen LogP contribution in [0.5, 0.6) is 0 Å². The molecule has 4 nitrogen and oxygen atoms in total. The summed E-state index contributed by atoms with van der Waals surface area (Å²) in [5, 5.41) is 10.6. The van der Waals surface area contributed by atoms with Crippen molar-refractivity contribution in [2.45, 2.75) is 23.7 Å². The number of hydrogen-bond acceptors (Lipinski definition) is 3. The van der Waals surface area contributed by atoms with Gasteiger partial charge in [0.15, 0.2) is 0 Å². The minimum Gasteiger partial charge on any atom is -0.350 e. The summed E-state index contributed by atoms with van der Waals surface area (Å²) in [4.78, 5) is 13.1. The van der Waals surface area contributed by atoms with E-state index in [0.717, 1.165) is 21.4 Å². The second kappa shape index (κ2) is 6.54. The van der Waals surface area contributed by atoms with Crippen molar-refractivity contribution in [2.24, 2.45) is 0 Å². The number of nitrogens with zero attached hydrogens (tertiary/aromatic N) is 1. The van der Waals surface area contributed by atoms with E-state index >= 15 is 0 Å². The molecule has 1 heterocycles. The number of H-pyrrole nitrogens is 1.